The van der Waals surface area contributed by atoms with Gasteiger partial charge in [-0.2, -0.15) is 0 Å². The van der Waals surface area contributed by atoms with Gasteiger partial charge in [0.1, 0.15) is 0 Å². The topological polar surface area (TPSA) is 3.24 Å². The Bertz CT molecular complexity index is 1670. The van der Waals surface area contributed by atoms with E-state index in [0.29, 0.717) is 0 Å². The molecule has 1 heteroatoms. The minimum atomic E-state index is -0.0296. The summed E-state index contributed by atoms with van der Waals surface area (Å²) in [6, 6.07) is 40.7. The van der Waals surface area contributed by atoms with Crippen LogP contribution in [0.3, 0.4) is 0 Å². The quantitative estimate of drug-likeness (QED) is 0.235. The van der Waals surface area contributed by atoms with Gasteiger partial charge in [-0.1, -0.05) is 86.6 Å². The fourth-order valence-corrected chi connectivity index (χ4v) is 6.87. The molecule has 7 rings (SSSR count). The number of rotatable bonds is 4. The van der Waals surface area contributed by atoms with Crippen molar-refractivity contribution in [1.82, 2.24) is 0 Å². The predicted molar refractivity (Wildman–Crippen MR) is 166 cm³/mol. The Morgan fingerprint density at radius 2 is 1.15 bits per heavy atom. The normalized spacial score (nSPS) is 14.8. The van der Waals surface area contributed by atoms with Crippen LogP contribution in [0, 0.1) is 6.92 Å². The third-order valence-electron chi connectivity index (χ3n) is 8.97. The Hall–Kier alpha value is -4.10. The largest absolute Gasteiger partial charge is 0.310 e. The van der Waals surface area contributed by atoms with Gasteiger partial charge in [0.25, 0.3) is 0 Å². The molecule has 0 saturated heterocycles. The fraction of sp³-hybridized carbons (Fsp3) is 0.211. The third-order valence-corrected chi connectivity index (χ3v) is 8.97. The van der Waals surface area contributed by atoms with Gasteiger partial charge in [-0.25, -0.2) is 0 Å². The average molecular weight is 506 g/mol. The molecule has 0 fully saturated rings. The lowest BCUT2D eigenvalue weighted by Gasteiger charge is -2.28. The zero-order chi connectivity index (χ0) is 26.6. The molecular weight excluding hydrogens is 470 g/mol. The highest BCUT2D eigenvalue weighted by Gasteiger charge is 2.35. The van der Waals surface area contributed by atoms with E-state index in [1.54, 1.807) is 11.1 Å². The standard InChI is InChI=1S/C38H35N/c1-26-23-28-11-7-8-12-29(28)24-35(26)27-17-19-31(20-18-27)39(30-13-5-4-6-14-30)32-21-22-34-33-15-9-10-16-36(33)38(2,3)37(34)25-32/h4-6,9-10,13-25H,7-8,11-12H2,1-3H3. The lowest BCUT2D eigenvalue weighted by molar-refractivity contribution is 0.660. The fourth-order valence-electron chi connectivity index (χ4n) is 6.87. The maximum atomic E-state index is 2.45. The molecule has 0 heterocycles. The maximum Gasteiger partial charge on any atom is 0.0465 e. The van der Waals surface area contributed by atoms with Crippen molar-refractivity contribution in [3.8, 4) is 22.3 Å². The second-order valence-corrected chi connectivity index (χ2v) is 11.8. The van der Waals surface area contributed by atoms with Crippen LogP contribution in [0.2, 0.25) is 0 Å². The number of benzene rings is 5. The molecule has 192 valence electrons. The molecule has 2 aliphatic rings. The molecule has 0 atom stereocenters. The lowest BCUT2D eigenvalue weighted by Crippen LogP contribution is -2.16. The van der Waals surface area contributed by atoms with Crippen molar-refractivity contribution in [2.45, 2.75) is 51.9 Å². The van der Waals surface area contributed by atoms with Crippen molar-refractivity contribution in [3.05, 3.63) is 137 Å². The second-order valence-electron chi connectivity index (χ2n) is 11.8. The van der Waals surface area contributed by atoms with Gasteiger partial charge in [0, 0.05) is 22.5 Å². The zero-order valence-electron chi connectivity index (χ0n) is 23.2. The number of para-hydroxylation sites is 1. The summed E-state index contributed by atoms with van der Waals surface area (Å²) in [6.45, 7) is 6.97. The molecule has 0 aromatic heterocycles. The van der Waals surface area contributed by atoms with E-state index in [1.807, 2.05) is 0 Å². The molecule has 0 bridgehead atoms. The van der Waals surface area contributed by atoms with Crippen LogP contribution in [0.4, 0.5) is 17.1 Å². The summed E-state index contributed by atoms with van der Waals surface area (Å²) >= 11 is 0. The third kappa shape index (κ3) is 4.00. The highest BCUT2D eigenvalue weighted by molar-refractivity contribution is 5.86. The van der Waals surface area contributed by atoms with E-state index in [1.165, 1.54) is 81.7 Å². The van der Waals surface area contributed by atoms with E-state index >= 15 is 0 Å². The first-order chi connectivity index (χ1) is 19.0. The summed E-state index contributed by atoms with van der Waals surface area (Å²) in [5.74, 6) is 0. The van der Waals surface area contributed by atoms with Crippen molar-refractivity contribution < 1.29 is 0 Å². The van der Waals surface area contributed by atoms with Crippen LogP contribution in [0.15, 0.2) is 109 Å². The summed E-state index contributed by atoms with van der Waals surface area (Å²) < 4.78 is 0. The summed E-state index contributed by atoms with van der Waals surface area (Å²) in [5, 5.41) is 0. The Kier molecular flexibility index (Phi) is 5.70. The van der Waals surface area contributed by atoms with E-state index < -0.39 is 0 Å². The van der Waals surface area contributed by atoms with Gasteiger partial charge in [-0.3, -0.25) is 0 Å². The van der Waals surface area contributed by atoms with Crippen molar-refractivity contribution in [3.63, 3.8) is 0 Å². The van der Waals surface area contributed by atoms with Crippen LogP contribution in [0.5, 0.6) is 0 Å². The molecule has 0 N–H and O–H groups in total. The van der Waals surface area contributed by atoms with Crippen LogP contribution >= 0.6 is 0 Å². The second kappa shape index (κ2) is 9.27. The average Bonchev–Trinajstić information content (AvgIpc) is 3.20. The molecule has 5 aromatic rings. The van der Waals surface area contributed by atoms with E-state index in [-0.39, 0.29) is 5.41 Å². The number of nitrogens with zero attached hydrogens (tertiary/aromatic N) is 1. The monoisotopic (exact) mass is 505 g/mol. The van der Waals surface area contributed by atoms with Crippen LogP contribution < -0.4 is 4.90 Å². The van der Waals surface area contributed by atoms with Gasteiger partial charge < -0.3 is 4.90 Å². The molecule has 0 aliphatic heterocycles. The van der Waals surface area contributed by atoms with Crippen molar-refractivity contribution in [2.75, 3.05) is 4.90 Å². The molecule has 0 radical (unpaired) electrons. The zero-order valence-corrected chi connectivity index (χ0v) is 23.2. The molecule has 5 aromatic carbocycles. The van der Waals surface area contributed by atoms with Gasteiger partial charge >= 0.3 is 0 Å². The maximum absolute atomic E-state index is 2.45. The first-order valence-electron chi connectivity index (χ1n) is 14.3. The van der Waals surface area contributed by atoms with Gasteiger partial charge in [0.2, 0.25) is 0 Å². The molecule has 0 amide bonds. The summed E-state index contributed by atoms with van der Waals surface area (Å²) in [6.07, 6.45) is 5.07. The highest BCUT2D eigenvalue weighted by Crippen LogP contribution is 2.50. The molecule has 0 saturated carbocycles. The van der Waals surface area contributed by atoms with Crippen LogP contribution in [0.1, 0.15) is 54.5 Å². The number of anilines is 3. The highest BCUT2D eigenvalue weighted by atomic mass is 15.1. The van der Waals surface area contributed by atoms with Crippen molar-refractivity contribution >= 4 is 17.1 Å². The summed E-state index contributed by atoms with van der Waals surface area (Å²) in [7, 11) is 0. The molecule has 2 aliphatic carbocycles. The lowest BCUT2D eigenvalue weighted by atomic mass is 9.82. The Labute approximate surface area is 232 Å². The van der Waals surface area contributed by atoms with E-state index in [2.05, 4.69) is 135 Å². The molecule has 1 nitrogen and oxygen atoms in total. The Morgan fingerprint density at radius 3 is 1.92 bits per heavy atom. The SMILES string of the molecule is Cc1cc2c(cc1-c1ccc(N(c3ccccc3)c3ccc4c(c3)C(C)(C)c3ccccc3-4)cc1)CCCC2. The molecule has 39 heavy (non-hydrogen) atoms. The van der Waals surface area contributed by atoms with E-state index in [0.717, 1.165) is 0 Å². The first-order valence-corrected chi connectivity index (χ1v) is 14.3. The number of hydrogen-bond acceptors (Lipinski definition) is 1. The van der Waals surface area contributed by atoms with Crippen LogP contribution in [0.25, 0.3) is 22.3 Å². The van der Waals surface area contributed by atoms with Crippen molar-refractivity contribution in [1.29, 1.82) is 0 Å². The van der Waals surface area contributed by atoms with E-state index in [9.17, 15) is 0 Å². The predicted octanol–water partition coefficient (Wildman–Crippen LogP) is 10.3. The molecular formula is C38H35N. The number of hydrogen-bond donors (Lipinski definition) is 0. The molecule has 0 spiro atoms. The Morgan fingerprint density at radius 1 is 0.538 bits per heavy atom. The minimum absolute atomic E-state index is 0.0296. The smallest absolute Gasteiger partial charge is 0.0465 e. The Balaban J connectivity index is 1.31. The number of fused-ring (bicyclic) bond motifs is 4. The number of aryl methyl sites for hydroxylation is 3. The van der Waals surface area contributed by atoms with Gasteiger partial charge in [0.05, 0.1) is 0 Å². The van der Waals surface area contributed by atoms with Gasteiger partial charge in [-0.05, 0) is 119 Å². The van der Waals surface area contributed by atoms with Gasteiger partial charge in [0.15, 0.2) is 0 Å². The first kappa shape index (κ1) is 24.0. The molecule has 0 unspecified atom stereocenters. The van der Waals surface area contributed by atoms with Crippen molar-refractivity contribution in [2.24, 2.45) is 0 Å². The summed E-state index contributed by atoms with van der Waals surface area (Å²) in [5.41, 5.74) is 16.2. The summed E-state index contributed by atoms with van der Waals surface area (Å²) in [4.78, 5) is 2.39. The minimum Gasteiger partial charge on any atom is -0.310 e. The van der Waals surface area contributed by atoms with Crippen LogP contribution in [-0.2, 0) is 18.3 Å². The van der Waals surface area contributed by atoms with E-state index in [4.69, 9.17) is 0 Å². The van der Waals surface area contributed by atoms with Gasteiger partial charge in [-0.15, -0.1) is 0 Å². The van der Waals surface area contributed by atoms with Crippen LogP contribution in [-0.4, -0.2) is 0 Å².